The lowest BCUT2D eigenvalue weighted by atomic mass is 10.1. The fourth-order valence-electron chi connectivity index (χ4n) is 3.19. The van der Waals surface area contributed by atoms with Crippen LogP contribution in [0.3, 0.4) is 0 Å². The molecule has 0 unspecified atom stereocenters. The first-order valence-electron chi connectivity index (χ1n) is 9.10. The van der Waals surface area contributed by atoms with Crippen LogP contribution in [0.1, 0.15) is 11.3 Å². The van der Waals surface area contributed by atoms with Crippen molar-refractivity contribution >= 4 is 45.5 Å². The minimum Gasteiger partial charge on any atom is -0.358 e. The smallest absolute Gasteiger partial charge is 0.211 e. The minimum atomic E-state index is 0.801. The number of rotatable bonds is 4. The molecule has 29 heavy (non-hydrogen) atoms. The predicted molar refractivity (Wildman–Crippen MR) is 121 cm³/mol. The van der Waals surface area contributed by atoms with Crippen LogP contribution in [-0.2, 0) is 0 Å². The van der Waals surface area contributed by atoms with Crippen LogP contribution in [-0.4, -0.2) is 20.9 Å². The molecule has 5 aromatic rings. The Labute approximate surface area is 175 Å². The number of fused-ring (bicyclic) bond motifs is 1. The number of thiazole rings is 1. The number of aromatic amines is 1. The lowest BCUT2D eigenvalue weighted by Crippen LogP contribution is -2.11. The summed E-state index contributed by atoms with van der Waals surface area (Å²) in [6, 6.07) is 16.2. The van der Waals surface area contributed by atoms with Gasteiger partial charge in [-0.3, -0.25) is 4.98 Å². The Bertz CT molecular complexity index is 1360. The van der Waals surface area contributed by atoms with Crippen molar-refractivity contribution in [2.45, 2.75) is 6.92 Å². The number of para-hydroxylation sites is 1. The van der Waals surface area contributed by atoms with E-state index >= 15 is 0 Å². The summed E-state index contributed by atoms with van der Waals surface area (Å²) in [5, 5.41) is 10.2. The van der Waals surface area contributed by atoms with Crippen molar-refractivity contribution in [1.82, 2.24) is 14.6 Å². The van der Waals surface area contributed by atoms with E-state index in [4.69, 9.17) is 10.1 Å². The molecule has 0 bridgehead atoms. The summed E-state index contributed by atoms with van der Waals surface area (Å²) < 4.78 is 1.91. The number of hydrogen-bond acceptors (Lipinski definition) is 5. The molecule has 0 aliphatic heterocycles. The minimum absolute atomic E-state index is 0.801. The van der Waals surface area contributed by atoms with Gasteiger partial charge in [0.2, 0.25) is 4.80 Å². The summed E-state index contributed by atoms with van der Waals surface area (Å²) in [5.41, 5.74) is 5.12. The lowest BCUT2D eigenvalue weighted by molar-refractivity contribution is 0.856. The molecule has 0 spiro atoms. The van der Waals surface area contributed by atoms with Gasteiger partial charge in [-0.1, -0.05) is 24.3 Å². The Kier molecular flexibility index (Phi) is 4.67. The molecular weight excluding hydrogens is 398 g/mol. The van der Waals surface area contributed by atoms with Gasteiger partial charge in [0.25, 0.3) is 0 Å². The zero-order valence-corrected chi connectivity index (χ0v) is 17.2. The molecule has 0 saturated carbocycles. The van der Waals surface area contributed by atoms with Gasteiger partial charge in [0.05, 0.1) is 28.7 Å². The fraction of sp³-hybridized carbons (Fsp3) is 0.0455. The fourth-order valence-corrected chi connectivity index (χ4v) is 4.84. The molecule has 0 atom stereocenters. The summed E-state index contributed by atoms with van der Waals surface area (Å²) in [4.78, 5) is 14.3. The number of nitrogens with zero attached hydrogens (tertiary/aromatic N) is 4. The molecule has 5 rings (SSSR count). The van der Waals surface area contributed by atoms with E-state index in [0.29, 0.717) is 0 Å². The van der Waals surface area contributed by atoms with E-state index in [-0.39, 0.29) is 0 Å². The number of H-pyrrole nitrogens is 1. The highest BCUT2D eigenvalue weighted by Gasteiger charge is 2.10. The van der Waals surface area contributed by atoms with Gasteiger partial charge in [-0.05, 0) is 36.6 Å². The highest BCUT2D eigenvalue weighted by atomic mass is 32.1. The first kappa shape index (κ1) is 17.8. The number of benzene rings is 1. The Hall–Kier alpha value is -3.29. The van der Waals surface area contributed by atoms with Gasteiger partial charge in [0.1, 0.15) is 0 Å². The van der Waals surface area contributed by atoms with E-state index in [1.165, 1.54) is 0 Å². The summed E-state index contributed by atoms with van der Waals surface area (Å²) in [6.45, 7) is 2.07. The molecule has 0 amide bonds. The summed E-state index contributed by atoms with van der Waals surface area (Å²) in [7, 11) is 0. The van der Waals surface area contributed by atoms with Crippen LogP contribution in [0, 0.1) is 6.92 Å². The monoisotopic (exact) mass is 415 g/mol. The average molecular weight is 416 g/mol. The quantitative estimate of drug-likeness (QED) is 0.383. The molecular formula is C22H17N5S2. The van der Waals surface area contributed by atoms with Gasteiger partial charge in [0.15, 0.2) is 0 Å². The highest BCUT2D eigenvalue weighted by molar-refractivity contribution is 7.14. The number of aryl methyl sites for hydroxylation is 1. The molecule has 7 heteroatoms. The maximum atomic E-state index is 4.85. The normalized spacial score (nSPS) is 12.4. The zero-order valence-electron chi connectivity index (χ0n) is 15.6. The molecule has 1 aromatic carbocycles. The molecule has 0 radical (unpaired) electrons. The first-order chi connectivity index (χ1) is 14.3. The van der Waals surface area contributed by atoms with Crippen molar-refractivity contribution in [3.05, 3.63) is 87.7 Å². The summed E-state index contributed by atoms with van der Waals surface area (Å²) >= 11 is 3.26. The largest absolute Gasteiger partial charge is 0.358 e. The number of pyridine rings is 1. The van der Waals surface area contributed by atoms with E-state index < -0.39 is 0 Å². The van der Waals surface area contributed by atoms with Crippen molar-refractivity contribution in [1.29, 1.82) is 0 Å². The second-order valence-electron chi connectivity index (χ2n) is 6.47. The van der Waals surface area contributed by atoms with Crippen LogP contribution in [0.2, 0.25) is 0 Å². The third kappa shape index (κ3) is 3.46. The SMILES string of the molecule is Cc1[nH]c2ccccc2c1C=Nn1c(-c2cccs2)csc1=Nc1cccnc1. The maximum Gasteiger partial charge on any atom is 0.211 e. The first-order valence-corrected chi connectivity index (χ1v) is 10.9. The van der Waals surface area contributed by atoms with Crippen molar-refractivity contribution in [2.75, 3.05) is 0 Å². The maximum absolute atomic E-state index is 4.85. The predicted octanol–water partition coefficient (Wildman–Crippen LogP) is 5.58. The second-order valence-corrected chi connectivity index (χ2v) is 8.25. The number of hydrogen-bond donors (Lipinski definition) is 1. The van der Waals surface area contributed by atoms with E-state index in [1.54, 1.807) is 35.1 Å². The van der Waals surface area contributed by atoms with Crippen LogP contribution in [0.5, 0.6) is 0 Å². The average Bonchev–Trinajstić information content (AvgIpc) is 3.46. The van der Waals surface area contributed by atoms with Crippen molar-refractivity contribution in [3.63, 3.8) is 0 Å². The van der Waals surface area contributed by atoms with Gasteiger partial charge >= 0.3 is 0 Å². The number of thiophene rings is 1. The standard InChI is InChI=1S/C22H17N5S2/c1-15-18(17-7-2-3-8-19(17)25-15)13-24-27-20(21-9-5-11-28-21)14-29-22(27)26-16-6-4-10-23-12-16/h2-14,25H,1H3. The van der Waals surface area contributed by atoms with Crippen LogP contribution >= 0.6 is 22.7 Å². The van der Waals surface area contributed by atoms with Crippen molar-refractivity contribution < 1.29 is 0 Å². The molecule has 0 saturated heterocycles. The molecule has 142 valence electrons. The molecule has 4 heterocycles. The third-order valence-corrected chi connectivity index (χ3v) is 6.28. The Morgan fingerprint density at radius 3 is 2.83 bits per heavy atom. The van der Waals surface area contributed by atoms with Crippen LogP contribution in [0.25, 0.3) is 21.5 Å². The van der Waals surface area contributed by atoms with Crippen LogP contribution < -0.4 is 4.80 Å². The molecule has 5 nitrogen and oxygen atoms in total. The topological polar surface area (TPSA) is 58.3 Å². The van der Waals surface area contributed by atoms with Gasteiger partial charge < -0.3 is 4.98 Å². The molecule has 0 fully saturated rings. The lowest BCUT2D eigenvalue weighted by Gasteiger charge is -2.01. The van der Waals surface area contributed by atoms with Gasteiger partial charge in [-0.15, -0.1) is 22.7 Å². The Balaban J connectivity index is 1.67. The van der Waals surface area contributed by atoms with E-state index in [0.717, 1.165) is 43.2 Å². The van der Waals surface area contributed by atoms with E-state index in [1.807, 2.05) is 41.2 Å². The third-order valence-electron chi connectivity index (χ3n) is 4.58. The zero-order chi connectivity index (χ0) is 19.6. The van der Waals surface area contributed by atoms with Crippen molar-refractivity contribution in [3.8, 4) is 10.6 Å². The molecule has 1 N–H and O–H groups in total. The van der Waals surface area contributed by atoms with Gasteiger partial charge in [0, 0.05) is 33.7 Å². The van der Waals surface area contributed by atoms with Crippen LogP contribution in [0.4, 0.5) is 5.69 Å². The van der Waals surface area contributed by atoms with Crippen LogP contribution in [0.15, 0.2) is 81.8 Å². The Morgan fingerprint density at radius 1 is 1.07 bits per heavy atom. The summed E-state index contributed by atoms with van der Waals surface area (Å²) in [6.07, 6.45) is 5.42. The van der Waals surface area contributed by atoms with Gasteiger partial charge in [-0.2, -0.15) is 5.10 Å². The van der Waals surface area contributed by atoms with E-state index in [2.05, 4.69) is 45.9 Å². The second kappa shape index (κ2) is 7.62. The highest BCUT2D eigenvalue weighted by Crippen LogP contribution is 2.26. The van der Waals surface area contributed by atoms with E-state index in [9.17, 15) is 0 Å². The number of nitrogens with one attached hydrogen (secondary N) is 1. The van der Waals surface area contributed by atoms with Crippen molar-refractivity contribution in [2.24, 2.45) is 10.1 Å². The molecule has 4 aromatic heterocycles. The van der Waals surface area contributed by atoms with Gasteiger partial charge in [-0.25, -0.2) is 9.67 Å². The number of aromatic nitrogens is 3. The molecule has 0 aliphatic rings. The Morgan fingerprint density at radius 2 is 2.00 bits per heavy atom. The molecule has 0 aliphatic carbocycles. The summed E-state index contributed by atoms with van der Waals surface area (Å²) in [5.74, 6) is 0.